The molecule has 0 spiro atoms. The molecule has 0 bridgehead atoms. The first kappa shape index (κ1) is 55.3. The van der Waals surface area contributed by atoms with Gasteiger partial charge >= 0.3 is 5.97 Å². The topological polar surface area (TPSA) is 95.9 Å². The van der Waals surface area contributed by atoms with Crippen molar-refractivity contribution in [2.45, 2.75) is 283 Å². The number of aliphatic hydroxyl groups excluding tert-OH is 2. The molecule has 6 heteroatoms. The van der Waals surface area contributed by atoms with Crippen LogP contribution < -0.4 is 5.32 Å². The minimum atomic E-state index is -0.790. The molecule has 6 nitrogen and oxygen atoms in total. The molecule has 1 amide bonds. The molecule has 0 radical (unpaired) electrons. The standard InChI is InChI=1S/C51H97NO5/c1-4-7-10-13-16-19-22-25-27-30-33-36-39-42-47(57-51(56)44-41-38-35-32-29-26-23-20-17-14-11-8-5-2)45-50(55)52-48(46-53)49(54)43-40-37-34-31-28-24-21-18-15-12-9-6-3/h26,29,35,38,47-49,53-54H,4-25,27-28,30-34,36-37,39-46H2,1-3H3,(H,52,55)/b29-26-,38-35+. The van der Waals surface area contributed by atoms with Gasteiger partial charge in [0.25, 0.3) is 0 Å². The summed E-state index contributed by atoms with van der Waals surface area (Å²) in [6.45, 7) is 6.47. The number of rotatable bonds is 45. The largest absolute Gasteiger partial charge is 0.462 e. The van der Waals surface area contributed by atoms with Crippen LogP contribution in [0.4, 0.5) is 0 Å². The predicted octanol–water partition coefficient (Wildman–Crippen LogP) is 14.7. The Morgan fingerprint density at radius 3 is 1.33 bits per heavy atom. The maximum atomic E-state index is 13.2. The first-order valence-electron chi connectivity index (χ1n) is 25.1. The second kappa shape index (κ2) is 45.4. The van der Waals surface area contributed by atoms with E-state index in [4.69, 9.17) is 4.74 Å². The van der Waals surface area contributed by atoms with Crippen molar-refractivity contribution < 1.29 is 24.5 Å². The number of ether oxygens (including phenoxy) is 1. The zero-order chi connectivity index (χ0) is 41.7. The van der Waals surface area contributed by atoms with Crippen LogP contribution in [0.1, 0.15) is 265 Å². The maximum Gasteiger partial charge on any atom is 0.306 e. The second-order valence-corrected chi connectivity index (χ2v) is 17.2. The molecule has 0 aromatic carbocycles. The number of carbonyl (C=O) groups is 2. The van der Waals surface area contributed by atoms with Crippen LogP contribution >= 0.6 is 0 Å². The number of carbonyl (C=O) groups excluding carboxylic acids is 2. The predicted molar refractivity (Wildman–Crippen MR) is 246 cm³/mol. The number of hydrogen-bond donors (Lipinski definition) is 3. The van der Waals surface area contributed by atoms with Crippen LogP contribution in [0.2, 0.25) is 0 Å². The molecule has 0 aromatic rings. The SMILES string of the molecule is CCCCCCCC/C=C\C/C=C/CCC(=O)OC(CCCCCCCCCCCCCCC)CC(=O)NC(CO)C(O)CCCCCCCCCCCCCC. The van der Waals surface area contributed by atoms with E-state index in [9.17, 15) is 19.8 Å². The molecule has 0 saturated carbocycles. The van der Waals surface area contributed by atoms with Crippen LogP contribution in [0.15, 0.2) is 24.3 Å². The molecular weight excluding hydrogens is 707 g/mol. The minimum Gasteiger partial charge on any atom is -0.462 e. The minimum absolute atomic E-state index is 0.0606. The maximum absolute atomic E-state index is 13.2. The van der Waals surface area contributed by atoms with E-state index in [0.717, 1.165) is 44.9 Å². The summed E-state index contributed by atoms with van der Waals surface area (Å²) in [5.74, 6) is -0.542. The molecular formula is C51H97NO5. The summed E-state index contributed by atoms with van der Waals surface area (Å²) in [5, 5.41) is 23.7. The molecule has 0 saturated heterocycles. The summed E-state index contributed by atoms with van der Waals surface area (Å²) in [7, 11) is 0. The van der Waals surface area contributed by atoms with Gasteiger partial charge in [-0.25, -0.2) is 0 Å². The summed E-state index contributed by atoms with van der Waals surface area (Å²) >= 11 is 0. The number of unbranched alkanes of at least 4 members (excludes halogenated alkanes) is 29. The lowest BCUT2D eigenvalue weighted by molar-refractivity contribution is -0.150. The first-order valence-corrected chi connectivity index (χ1v) is 25.1. The van der Waals surface area contributed by atoms with Crippen LogP contribution in [-0.2, 0) is 14.3 Å². The Bertz CT molecular complexity index is 904. The number of aliphatic hydroxyl groups is 2. The number of hydrogen-bond acceptors (Lipinski definition) is 5. The van der Waals surface area contributed by atoms with Gasteiger partial charge in [0.15, 0.2) is 0 Å². The summed E-state index contributed by atoms with van der Waals surface area (Å²) in [6, 6.07) is -0.706. The van der Waals surface area contributed by atoms with Gasteiger partial charge in [-0.2, -0.15) is 0 Å². The van der Waals surface area contributed by atoms with Crippen LogP contribution in [0.25, 0.3) is 0 Å². The number of amides is 1. The zero-order valence-corrected chi connectivity index (χ0v) is 38.2. The van der Waals surface area contributed by atoms with Gasteiger partial charge in [-0.05, 0) is 44.9 Å². The molecule has 0 aliphatic heterocycles. The third-order valence-electron chi connectivity index (χ3n) is 11.5. The molecule has 57 heavy (non-hydrogen) atoms. The highest BCUT2D eigenvalue weighted by molar-refractivity contribution is 5.77. The van der Waals surface area contributed by atoms with Crippen molar-refractivity contribution in [3.05, 3.63) is 24.3 Å². The smallest absolute Gasteiger partial charge is 0.306 e. The molecule has 3 unspecified atom stereocenters. The van der Waals surface area contributed by atoms with Crippen molar-refractivity contribution in [3.8, 4) is 0 Å². The Balaban J connectivity index is 4.62. The van der Waals surface area contributed by atoms with Gasteiger partial charge in [-0.3, -0.25) is 9.59 Å². The number of allylic oxidation sites excluding steroid dienone is 4. The van der Waals surface area contributed by atoms with Crippen LogP contribution in [0.5, 0.6) is 0 Å². The van der Waals surface area contributed by atoms with Crippen molar-refractivity contribution in [1.82, 2.24) is 5.32 Å². The third-order valence-corrected chi connectivity index (χ3v) is 11.5. The van der Waals surface area contributed by atoms with Gasteiger partial charge in [-0.1, -0.05) is 231 Å². The first-order chi connectivity index (χ1) is 28.0. The van der Waals surface area contributed by atoms with Gasteiger partial charge in [0.05, 0.1) is 25.2 Å². The van der Waals surface area contributed by atoms with Crippen molar-refractivity contribution >= 4 is 11.9 Å². The lowest BCUT2D eigenvalue weighted by atomic mass is 10.0. The summed E-state index contributed by atoms with van der Waals surface area (Å²) in [4.78, 5) is 26.0. The van der Waals surface area contributed by atoms with E-state index in [0.29, 0.717) is 25.7 Å². The second-order valence-electron chi connectivity index (χ2n) is 17.2. The molecule has 0 aliphatic carbocycles. The average Bonchev–Trinajstić information content (AvgIpc) is 3.20. The lowest BCUT2D eigenvalue weighted by Crippen LogP contribution is -2.46. The zero-order valence-electron chi connectivity index (χ0n) is 38.2. The fourth-order valence-corrected chi connectivity index (χ4v) is 7.72. The van der Waals surface area contributed by atoms with E-state index in [1.807, 2.05) is 6.08 Å². The molecule has 336 valence electrons. The van der Waals surface area contributed by atoms with E-state index in [1.165, 1.54) is 167 Å². The van der Waals surface area contributed by atoms with Gasteiger partial charge in [0.2, 0.25) is 5.91 Å². The Morgan fingerprint density at radius 2 is 0.895 bits per heavy atom. The molecule has 0 heterocycles. The Morgan fingerprint density at radius 1 is 0.509 bits per heavy atom. The van der Waals surface area contributed by atoms with Crippen LogP contribution in [0.3, 0.4) is 0 Å². The van der Waals surface area contributed by atoms with Crippen molar-refractivity contribution in [2.24, 2.45) is 0 Å². The van der Waals surface area contributed by atoms with Gasteiger partial charge in [0, 0.05) is 6.42 Å². The number of nitrogens with one attached hydrogen (secondary N) is 1. The summed E-state index contributed by atoms with van der Waals surface area (Å²) in [6.07, 6.45) is 51.0. The molecule has 0 fully saturated rings. The highest BCUT2D eigenvalue weighted by Gasteiger charge is 2.24. The molecule has 0 rings (SSSR count). The number of esters is 1. The van der Waals surface area contributed by atoms with Gasteiger partial charge < -0.3 is 20.3 Å². The lowest BCUT2D eigenvalue weighted by Gasteiger charge is -2.24. The molecule has 3 atom stereocenters. The molecule has 3 N–H and O–H groups in total. The quantitative estimate of drug-likeness (QED) is 0.0324. The Hall–Kier alpha value is -1.66. The van der Waals surface area contributed by atoms with E-state index in [2.05, 4.69) is 44.3 Å². The Kier molecular flexibility index (Phi) is 44.1. The fourth-order valence-electron chi connectivity index (χ4n) is 7.72. The van der Waals surface area contributed by atoms with E-state index in [1.54, 1.807) is 0 Å². The van der Waals surface area contributed by atoms with E-state index < -0.39 is 18.2 Å². The highest BCUT2D eigenvalue weighted by Crippen LogP contribution is 2.18. The highest BCUT2D eigenvalue weighted by atomic mass is 16.5. The van der Waals surface area contributed by atoms with Crippen LogP contribution in [-0.4, -0.2) is 46.9 Å². The normalized spacial score (nSPS) is 13.4. The monoisotopic (exact) mass is 804 g/mol. The van der Waals surface area contributed by atoms with Crippen molar-refractivity contribution in [3.63, 3.8) is 0 Å². The van der Waals surface area contributed by atoms with Crippen LogP contribution in [0, 0.1) is 0 Å². The Labute approximate surface area is 354 Å². The van der Waals surface area contributed by atoms with Gasteiger partial charge in [0.1, 0.15) is 6.10 Å². The van der Waals surface area contributed by atoms with Crippen molar-refractivity contribution in [2.75, 3.05) is 6.61 Å². The van der Waals surface area contributed by atoms with Crippen molar-refractivity contribution in [1.29, 1.82) is 0 Å². The summed E-state index contributed by atoms with van der Waals surface area (Å²) < 4.78 is 5.89. The molecule has 0 aromatic heterocycles. The average molecular weight is 804 g/mol. The molecule has 0 aliphatic rings. The fraction of sp³-hybridized carbons (Fsp3) is 0.882. The third kappa shape index (κ3) is 40.9. The summed E-state index contributed by atoms with van der Waals surface area (Å²) in [5.41, 5.74) is 0. The van der Waals surface area contributed by atoms with Gasteiger partial charge in [-0.15, -0.1) is 0 Å². The van der Waals surface area contributed by atoms with E-state index >= 15 is 0 Å². The van der Waals surface area contributed by atoms with E-state index in [-0.39, 0.29) is 24.9 Å².